The van der Waals surface area contributed by atoms with Gasteiger partial charge in [-0.3, -0.25) is 4.79 Å². The van der Waals surface area contributed by atoms with Crippen molar-refractivity contribution in [2.45, 2.75) is 32.4 Å². The molecule has 1 amide bonds. The number of nitrogens with zero attached hydrogens (tertiary/aromatic N) is 2. The van der Waals surface area contributed by atoms with Crippen LogP contribution in [0.4, 0.5) is 5.69 Å². The van der Waals surface area contributed by atoms with E-state index in [1.807, 2.05) is 48.2 Å². The standard InChI is InChI=1S/C16H25N3O/c1-12(2)19(15-9-10-17-11-15)16(20)13-5-7-14(8-6-13)18(3)4/h5-8,12,15,17H,9-11H2,1-4H3. The SMILES string of the molecule is CC(C)N(C(=O)c1ccc(N(C)C)cc1)C1CCNC1. The van der Waals surface area contributed by atoms with Crippen molar-refractivity contribution in [3.63, 3.8) is 0 Å². The lowest BCUT2D eigenvalue weighted by Gasteiger charge is -2.32. The minimum Gasteiger partial charge on any atom is -0.378 e. The zero-order valence-corrected chi connectivity index (χ0v) is 12.9. The van der Waals surface area contributed by atoms with Gasteiger partial charge in [0.1, 0.15) is 0 Å². The van der Waals surface area contributed by atoms with Crippen molar-refractivity contribution in [2.75, 3.05) is 32.1 Å². The van der Waals surface area contributed by atoms with Gasteiger partial charge in [-0.25, -0.2) is 0 Å². The molecule has 1 atom stereocenters. The van der Waals surface area contributed by atoms with E-state index in [9.17, 15) is 4.79 Å². The van der Waals surface area contributed by atoms with Crippen LogP contribution in [-0.4, -0.2) is 50.1 Å². The predicted octanol–water partition coefficient (Wildman–Crippen LogP) is 1.97. The number of amides is 1. The molecule has 20 heavy (non-hydrogen) atoms. The second-order valence-corrected chi connectivity index (χ2v) is 5.89. The van der Waals surface area contributed by atoms with Gasteiger partial charge in [-0.05, 0) is 51.1 Å². The van der Waals surface area contributed by atoms with Gasteiger partial charge in [-0.15, -0.1) is 0 Å². The lowest BCUT2D eigenvalue weighted by Crippen LogP contribution is -2.45. The second-order valence-electron chi connectivity index (χ2n) is 5.89. The summed E-state index contributed by atoms with van der Waals surface area (Å²) in [5, 5.41) is 3.34. The van der Waals surface area contributed by atoms with E-state index in [1.54, 1.807) is 0 Å². The fourth-order valence-electron chi connectivity index (χ4n) is 2.75. The highest BCUT2D eigenvalue weighted by atomic mass is 16.2. The molecule has 2 rings (SSSR count). The molecule has 1 aromatic carbocycles. The molecular weight excluding hydrogens is 250 g/mol. The second kappa shape index (κ2) is 6.27. The van der Waals surface area contributed by atoms with Crippen LogP contribution in [0.2, 0.25) is 0 Å². The minimum atomic E-state index is 0.138. The molecule has 0 saturated carbocycles. The maximum absolute atomic E-state index is 12.7. The van der Waals surface area contributed by atoms with Crippen LogP contribution in [0.15, 0.2) is 24.3 Å². The van der Waals surface area contributed by atoms with Crippen LogP contribution >= 0.6 is 0 Å². The van der Waals surface area contributed by atoms with Crippen molar-refractivity contribution in [3.8, 4) is 0 Å². The smallest absolute Gasteiger partial charge is 0.254 e. The Hall–Kier alpha value is -1.55. The van der Waals surface area contributed by atoms with Crippen LogP contribution < -0.4 is 10.2 Å². The average molecular weight is 275 g/mol. The minimum absolute atomic E-state index is 0.138. The number of carbonyl (C=O) groups excluding carboxylic acids is 1. The zero-order valence-electron chi connectivity index (χ0n) is 12.9. The molecule has 1 heterocycles. The largest absolute Gasteiger partial charge is 0.378 e. The molecule has 4 nitrogen and oxygen atoms in total. The van der Waals surface area contributed by atoms with E-state index in [-0.39, 0.29) is 11.9 Å². The summed E-state index contributed by atoms with van der Waals surface area (Å²) in [6, 6.07) is 8.39. The Morgan fingerprint density at radius 2 is 1.90 bits per heavy atom. The number of carbonyl (C=O) groups is 1. The maximum Gasteiger partial charge on any atom is 0.254 e. The van der Waals surface area contributed by atoms with Crippen LogP contribution in [0.1, 0.15) is 30.6 Å². The highest BCUT2D eigenvalue weighted by Gasteiger charge is 2.29. The molecule has 1 aliphatic rings. The third-order valence-corrected chi connectivity index (χ3v) is 3.85. The van der Waals surface area contributed by atoms with Gasteiger partial charge >= 0.3 is 0 Å². The monoisotopic (exact) mass is 275 g/mol. The molecule has 4 heteroatoms. The van der Waals surface area contributed by atoms with Crippen LogP contribution in [0, 0.1) is 0 Å². The Morgan fingerprint density at radius 3 is 2.35 bits per heavy atom. The van der Waals surface area contributed by atoms with Crippen LogP contribution in [-0.2, 0) is 0 Å². The van der Waals surface area contributed by atoms with E-state index >= 15 is 0 Å². The van der Waals surface area contributed by atoms with E-state index < -0.39 is 0 Å². The molecule has 1 aliphatic heterocycles. The Morgan fingerprint density at radius 1 is 1.25 bits per heavy atom. The van der Waals surface area contributed by atoms with E-state index in [2.05, 4.69) is 19.2 Å². The zero-order chi connectivity index (χ0) is 14.7. The van der Waals surface area contributed by atoms with Crippen LogP contribution in [0.5, 0.6) is 0 Å². The summed E-state index contributed by atoms with van der Waals surface area (Å²) in [6.45, 7) is 6.08. The van der Waals surface area contributed by atoms with Gasteiger partial charge in [0.25, 0.3) is 5.91 Å². The maximum atomic E-state index is 12.7. The Labute approximate surface area is 121 Å². The molecule has 0 radical (unpaired) electrons. The van der Waals surface area contributed by atoms with Gasteiger partial charge in [0.05, 0.1) is 0 Å². The number of nitrogens with one attached hydrogen (secondary N) is 1. The van der Waals surface area contributed by atoms with Crippen molar-refractivity contribution >= 4 is 11.6 Å². The van der Waals surface area contributed by atoms with Gasteiger partial charge in [0, 0.05) is 44.0 Å². The van der Waals surface area contributed by atoms with Gasteiger partial charge in [0.15, 0.2) is 0 Å². The van der Waals surface area contributed by atoms with E-state index in [0.29, 0.717) is 6.04 Å². The summed E-state index contributed by atoms with van der Waals surface area (Å²) < 4.78 is 0. The van der Waals surface area contributed by atoms with Gasteiger partial charge in [0.2, 0.25) is 0 Å². The fraction of sp³-hybridized carbons (Fsp3) is 0.562. The summed E-state index contributed by atoms with van der Waals surface area (Å²) in [4.78, 5) is 16.8. The number of hydrogen-bond donors (Lipinski definition) is 1. The third kappa shape index (κ3) is 3.12. The fourth-order valence-corrected chi connectivity index (χ4v) is 2.75. The van der Waals surface area contributed by atoms with Crippen LogP contribution in [0.25, 0.3) is 0 Å². The van der Waals surface area contributed by atoms with Crippen LogP contribution in [0.3, 0.4) is 0 Å². The Kier molecular flexibility index (Phi) is 4.65. The highest BCUT2D eigenvalue weighted by Crippen LogP contribution is 2.19. The van der Waals surface area contributed by atoms with E-state index in [4.69, 9.17) is 0 Å². The summed E-state index contributed by atoms with van der Waals surface area (Å²) in [7, 11) is 4.00. The molecule has 0 spiro atoms. The highest BCUT2D eigenvalue weighted by molar-refractivity contribution is 5.95. The molecule has 110 valence electrons. The van der Waals surface area contributed by atoms with E-state index in [0.717, 1.165) is 30.8 Å². The van der Waals surface area contributed by atoms with Crippen molar-refractivity contribution in [3.05, 3.63) is 29.8 Å². The molecule has 1 fully saturated rings. The summed E-state index contributed by atoms with van der Waals surface area (Å²) in [5.74, 6) is 0.138. The lowest BCUT2D eigenvalue weighted by molar-refractivity contribution is 0.0627. The first-order valence-electron chi connectivity index (χ1n) is 7.31. The molecule has 0 aliphatic carbocycles. The van der Waals surface area contributed by atoms with Gasteiger partial charge in [-0.1, -0.05) is 0 Å². The summed E-state index contributed by atoms with van der Waals surface area (Å²) in [5.41, 5.74) is 1.89. The van der Waals surface area contributed by atoms with E-state index in [1.165, 1.54) is 0 Å². The lowest BCUT2D eigenvalue weighted by atomic mass is 10.1. The quantitative estimate of drug-likeness (QED) is 0.912. The Bertz CT molecular complexity index is 447. The number of benzene rings is 1. The third-order valence-electron chi connectivity index (χ3n) is 3.85. The number of anilines is 1. The molecule has 1 unspecified atom stereocenters. The first-order valence-corrected chi connectivity index (χ1v) is 7.31. The average Bonchev–Trinajstić information content (AvgIpc) is 2.92. The molecule has 1 N–H and O–H groups in total. The summed E-state index contributed by atoms with van der Waals surface area (Å²) in [6.07, 6.45) is 1.04. The molecule has 0 aromatic heterocycles. The number of rotatable bonds is 4. The van der Waals surface area contributed by atoms with Crippen molar-refractivity contribution in [1.82, 2.24) is 10.2 Å². The van der Waals surface area contributed by atoms with Gasteiger partial charge in [-0.2, -0.15) is 0 Å². The molecule has 0 bridgehead atoms. The van der Waals surface area contributed by atoms with Crippen molar-refractivity contribution in [2.24, 2.45) is 0 Å². The first-order chi connectivity index (χ1) is 9.50. The number of hydrogen-bond acceptors (Lipinski definition) is 3. The predicted molar refractivity (Wildman–Crippen MR) is 83.3 cm³/mol. The normalized spacial score (nSPS) is 18.4. The van der Waals surface area contributed by atoms with Crippen molar-refractivity contribution < 1.29 is 4.79 Å². The molecule has 1 aromatic rings. The Balaban J connectivity index is 2.18. The van der Waals surface area contributed by atoms with Crippen molar-refractivity contribution in [1.29, 1.82) is 0 Å². The molecule has 1 saturated heterocycles. The van der Waals surface area contributed by atoms with Gasteiger partial charge < -0.3 is 15.1 Å². The topological polar surface area (TPSA) is 35.6 Å². The summed E-state index contributed by atoms with van der Waals surface area (Å²) >= 11 is 0. The molecular formula is C16H25N3O. The first kappa shape index (κ1) is 14.9.